The van der Waals surface area contributed by atoms with Crippen LogP contribution in [-0.2, 0) is 18.0 Å². The molecule has 0 spiro atoms. The van der Waals surface area contributed by atoms with Crippen molar-refractivity contribution in [1.29, 1.82) is 0 Å². The number of alkyl halides is 3. The normalized spacial score (nSPS) is 17.1. The highest BCUT2D eigenvalue weighted by Gasteiger charge is 2.32. The van der Waals surface area contributed by atoms with Crippen molar-refractivity contribution in [2.24, 2.45) is 7.05 Å². The van der Waals surface area contributed by atoms with E-state index in [1.54, 1.807) is 27.0 Å². The van der Waals surface area contributed by atoms with Gasteiger partial charge in [-0.25, -0.2) is 9.97 Å². The van der Waals surface area contributed by atoms with Crippen LogP contribution < -0.4 is 21.5 Å². The Bertz CT molecular complexity index is 1360. The number of hydrogen-bond donors (Lipinski definition) is 3. The summed E-state index contributed by atoms with van der Waals surface area (Å²) in [5.41, 5.74) is 0.491. The predicted molar refractivity (Wildman–Crippen MR) is 132 cm³/mol. The van der Waals surface area contributed by atoms with E-state index in [4.69, 9.17) is 0 Å². The minimum absolute atomic E-state index is 0.0529. The van der Waals surface area contributed by atoms with Gasteiger partial charge in [0, 0.05) is 37.7 Å². The molecular weight excluding hydrogens is 473 g/mol. The molecule has 36 heavy (non-hydrogen) atoms. The zero-order valence-corrected chi connectivity index (χ0v) is 20.6. The topological polar surface area (TPSA) is 101 Å². The highest BCUT2D eigenvalue weighted by atomic mass is 19.4. The molecule has 0 bridgehead atoms. The van der Waals surface area contributed by atoms with Gasteiger partial charge in [-0.15, -0.1) is 0 Å². The van der Waals surface area contributed by atoms with Crippen LogP contribution in [0.25, 0.3) is 11.0 Å². The molecule has 0 aliphatic carbocycles. The number of hydrogen-bond acceptors (Lipinski definition) is 6. The van der Waals surface area contributed by atoms with Crippen molar-refractivity contribution in [1.82, 2.24) is 19.9 Å². The SMILES string of the molecule is CC(=O)Nc1cc(C(C)Nc2nc(C)nc3c2cc(C2CCCNC2)c(=O)n3C)cc(C(F)(F)F)c1. The Kier molecular flexibility index (Phi) is 7.03. The number of amides is 1. The zero-order valence-electron chi connectivity index (χ0n) is 20.6. The van der Waals surface area contributed by atoms with Crippen LogP contribution in [0.15, 0.2) is 29.1 Å². The van der Waals surface area contributed by atoms with E-state index >= 15 is 0 Å². The molecule has 0 radical (unpaired) electrons. The maximum atomic E-state index is 13.5. The average molecular weight is 503 g/mol. The summed E-state index contributed by atoms with van der Waals surface area (Å²) in [5, 5.41) is 9.59. The predicted octanol–water partition coefficient (Wildman–Crippen LogP) is 4.25. The molecule has 1 aromatic carbocycles. The van der Waals surface area contributed by atoms with Crippen LogP contribution in [0.1, 0.15) is 61.2 Å². The number of nitrogens with zero attached hydrogens (tertiary/aromatic N) is 3. The van der Waals surface area contributed by atoms with Gasteiger partial charge in [0.05, 0.1) is 17.0 Å². The molecule has 3 heterocycles. The Morgan fingerprint density at radius 2 is 1.97 bits per heavy atom. The number of anilines is 2. The van der Waals surface area contributed by atoms with Gasteiger partial charge in [-0.05, 0) is 63.1 Å². The number of pyridine rings is 1. The van der Waals surface area contributed by atoms with Crippen LogP contribution in [-0.4, -0.2) is 33.5 Å². The van der Waals surface area contributed by atoms with Gasteiger partial charge in [-0.2, -0.15) is 13.2 Å². The molecule has 2 unspecified atom stereocenters. The first-order valence-corrected chi connectivity index (χ1v) is 11.8. The Hall–Kier alpha value is -3.47. The smallest absolute Gasteiger partial charge is 0.363 e. The lowest BCUT2D eigenvalue weighted by molar-refractivity contribution is -0.137. The summed E-state index contributed by atoms with van der Waals surface area (Å²) < 4.78 is 42.2. The van der Waals surface area contributed by atoms with Crippen molar-refractivity contribution in [3.63, 3.8) is 0 Å². The summed E-state index contributed by atoms with van der Waals surface area (Å²) >= 11 is 0. The number of piperidine rings is 1. The number of carbonyl (C=O) groups is 1. The van der Waals surface area contributed by atoms with Gasteiger partial charge in [-0.3, -0.25) is 14.2 Å². The number of nitrogens with one attached hydrogen (secondary N) is 3. The summed E-state index contributed by atoms with van der Waals surface area (Å²) in [6.45, 7) is 6.25. The van der Waals surface area contributed by atoms with Gasteiger partial charge in [0.25, 0.3) is 5.56 Å². The number of benzene rings is 1. The van der Waals surface area contributed by atoms with Crippen molar-refractivity contribution in [2.75, 3.05) is 23.7 Å². The van der Waals surface area contributed by atoms with E-state index in [1.807, 2.05) is 0 Å². The fraction of sp³-hybridized carbons (Fsp3) is 0.440. The maximum Gasteiger partial charge on any atom is 0.416 e. The standard InChI is InChI=1S/C25H29F3N6O2/c1-13(17-8-18(25(26,27)28)10-19(9-17)33-15(3)35)30-22-21-11-20(16-6-5-7-29-12-16)24(36)34(4)23(21)32-14(2)31-22/h8-11,13,16,29H,5-7,12H2,1-4H3,(H,33,35)(H,30,31,32). The molecule has 1 fully saturated rings. The molecule has 11 heteroatoms. The van der Waals surface area contributed by atoms with Crippen molar-refractivity contribution in [2.45, 2.75) is 51.7 Å². The number of aryl methyl sites for hydroxylation is 2. The van der Waals surface area contributed by atoms with Crippen molar-refractivity contribution < 1.29 is 18.0 Å². The Labute approximate surface area is 206 Å². The van der Waals surface area contributed by atoms with Crippen LogP contribution >= 0.6 is 0 Å². The number of rotatable bonds is 5. The third kappa shape index (κ3) is 5.35. The molecule has 1 aliphatic heterocycles. The lowest BCUT2D eigenvalue weighted by Gasteiger charge is -2.24. The van der Waals surface area contributed by atoms with E-state index in [2.05, 4.69) is 25.9 Å². The molecule has 8 nitrogen and oxygen atoms in total. The summed E-state index contributed by atoms with van der Waals surface area (Å²) in [6, 6.07) is 4.66. The quantitative estimate of drug-likeness (QED) is 0.482. The molecule has 2 aromatic heterocycles. The van der Waals surface area contributed by atoms with Crippen LogP contribution in [0, 0.1) is 6.92 Å². The first-order valence-electron chi connectivity index (χ1n) is 11.8. The van der Waals surface area contributed by atoms with Crippen molar-refractivity contribution in [3.05, 3.63) is 57.1 Å². The third-order valence-corrected chi connectivity index (χ3v) is 6.40. The fourth-order valence-electron chi connectivity index (χ4n) is 4.61. The van der Waals surface area contributed by atoms with E-state index in [0.717, 1.165) is 31.5 Å². The second-order valence-corrected chi connectivity index (χ2v) is 9.25. The molecule has 4 rings (SSSR count). The van der Waals surface area contributed by atoms with Gasteiger partial charge in [0.15, 0.2) is 0 Å². The molecule has 1 aliphatic rings. The summed E-state index contributed by atoms with van der Waals surface area (Å²) in [5.74, 6) is 0.424. The minimum atomic E-state index is -4.58. The van der Waals surface area contributed by atoms with Gasteiger partial charge in [0.2, 0.25) is 5.91 Å². The highest BCUT2D eigenvalue weighted by Crippen LogP contribution is 2.35. The number of halogens is 3. The maximum absolute atomic E-state index is 13.5. The molecule has 1 amide bonds. The largest absolute Gasteiger partial charge is 0.416 e. The van der Waals surface area contributed by atoms with E-state index in [9.17, 15) is 22.8 Å². The average Bonchev–Trinajstić information content (AvgIpc) is 2.81. The molecule has 0 saturated carbocycles. The second-order valence-electron chi connectivity index (χ2n) is 9.25. The van der Waals surface area contributed by atoms with Crippen LogP contribution in [0.3, 0.4) is 0 Å². The first kappa shape index (κ1) is 25.6. The second kappa shape index (κ2) is 9.88. The lowest BCUT2D eigenvalue weighted by Crippen LogP contribution is -2.33. The van der Waals surface area contributed by atoms with Gasteiger partial charge in [0.1, 0.15) is 17.3 Å². The molecule has 2 atom stereocenters. The van der Waals surface area contributed by atoms with E-state index < -0.39 is 23.7 Å². The number of carbonyl (C=O) groups excluding carboxylic acids is 1. The van der Waals surface area contributed by atoms with Crippen LogP contribution in [0.4, 0.5) is 24.7 Å². The van der Waals surface area contributed by atoms with E-state index in [-0.39, 0.29) is 17.2 Å². The fourth-order valence-corrected chi connectivity index (χ4v) is 4.61. The Balaban J connectivity index is 1.78. The summed E-state index contributed by atoms with van der Waals surface area (Å²) in [4.78, 5) is 33.6. The van der Waals surface area contributed by atoms with Gasteiger partial charge in [-0.1, -0.05) is 0 Å². The number of fused-ring (bicyclic) bond motifs is 1. The molecule has 3 N–H and O–H groups in total. The molecule has 1 saturated heterocycles. The Morgan fingerprint density at radius 3 is 2.61 bits per heavy atom. The highest BCUT2D eigenvalue weighted by molar-refractivity contribution is 5.89. The van der Waals surface area contributed by atoms with Crippen LogP contribution in [0.2, 0.25) is 0 Å². The van der Waals surface area contributed by atoms with E-state index in [1.165, 1.54) is 17.6 Å². The van der Waals surface area contributed by atoms with Crippen molar-refractivity contribution in [3.8, 4) is 0 Å². The van der Waals surface area contributed by atoms with Gasteiger partial charge >= 0.3 is 6.18 Å². The molecule has 3 aromatic rings. The molecule has 192 valence electrons. The van der Waals surface area contributed by atoms with E-state index in [0.29, 0.717) is 40.3 Å². The lowest BCUT2D eigenvalue weighted by atomic mass is 9.92. The zero-order chi connectivity index (χ0) is 26.2. The van der Waals surface area contributed by atoms with Crippen LogP contribution in [0.5, 0.6) is 0 Å². The summed E-state index contributed by atoms with van der Waals surface area (Å²) in [7, 11) is 1.66. The Morgan fingerprint density at radius 1 is 1.22 bits per heavy atom. The molecular formula is C25H29F3N6O2. The first-order chi connectivity index (χ1) is 16.9. The third-order valence-electron chi connectivity index (χ3n) is 6.40. The summed E-state index contributed by atoms with van der Waals surface area (Å²) in [6.07, 6.45) is -2.73. The number of aromatic nitrogens is 3. The monoisotopic (exact) mass is 502 g/mol. The van der Waals surface area contributed by atoms with Gasteiger partial charge < -0.3 is 16.0 Å². The minimum Gasteiger partial charge on any atom is -0.363 e. The van der Waals surface area contributed by atoms with Crippen molar-refractivity contribution >= 4 is 28.4 Å².